The summed E-state index contributed by atoms with van der Waals surface area (Å²) in [4.78, 5) is 22.7. The number of nitrogens with one attached hydrogen (secondary N) is 1. The van der Waals surface area contributed by atoms with Crippen molar-refractivity contribution in [3.63, 3.8) is 0 Å². The van der Waals surface area contributed by atoms with E-state index in [2.05, 4.69) is 30.1 Å². The monoisotopic (exact) mass is 402 g/mol. The van der Waals surface area contributed by atoms with Gasteiger partial charge in [-0.2, -0.15) is 0 Å². The van der Waals surface area contributed by atoms with Crippen molar-refractivity contribution in [2.24, 2.45) is 0 Å². The average molecular weight is 403 g/mol. The molecule has 4 nitrogen and oxygen atoms in total. The van der Waals surface area contributed by atoms with Gasteiger partial charge in [-0.3, -0.25) is 4.79 Å². The first-order chi connectivity index (χ1) is 14.2. The maximum absolute atomic E-state index is 12.7. The largest absolute Gasteiger partial charge is 0.489 e. The third-order valence-corrected chi connectivity index (χ3v) is 6.63. The van der Waals surface area contributed by atoms with E-state index in [1.807, 2.05) is 30.3 Å². The third kappa shape index (κ3) is 3.58. The molecule has 0 aliphatic heterocycles. The Morgan fingerprint density at radius 2 is 1.93 bits per heavy atom. The second-order valence-electron chi connectivity index (χ2n) is 7.61. The molecule has 1 N–H and O–H groups in total. The zero-order chi connectivity index (χ0) is 19.8. The molecular formula is C24H22N2O2S. The molecule has 0 atom stereocenters. The number of fused-ring (bicyclic) bond motifs is 3. The van der Waals surface area contributed by atoms with Crippen LogP contribution in [0.3, 0.4) is 0 Å². The van der Waals surface area contributed by atoms with Gasteiger partial charge in [-0.05, 0) is 68.0 Å². The summed E-state index contributed by atoms with van der Waals surface area (Å²) >= 11 is 1.68. The van der Waals surface area contributed by atoms with E-state index < -0.39 is 0 Å². The molecule has 0 unspecified atom stereocenters. The molecule has 0 amide bonds. The van der Waals surface area contributed by atoms with Crippen molar-refractivity contribution < 1.29 is 4.74 Å². The molecular weight excluding hydrogens is 380 g/mol. The molecule has 0 saturated heterocycles. The lowest BCUT2D eigenvalue weighted by atomic mass is 9.97. The van der Waals surface area contributed by atoms with Crippen molar-refractivity contribution >= 4 is 21.6 Å². The molecule has 5 heteroatoms. The van der Waals surface area contributed by atoms with Crippen LogP contribution in [0.4, 0.5) is 0 Å². The van der Waals surface area contributed by atoms with Gasteiger partial charge in [0, 0.05) is 10.4 Å². The molecule has 29 heavy (non-hydrogen) atoms. The molecule has 1 aliphatic carbocycles. The molecule has 0 saturated carbocycles. The minimum Gasteiger partial charge on any atom is -0.489 e. The average Bonchev–Trinajstić information content (AvgIpc) is 3.12. The van der Waals surface area contributed by atoms with E-state index >= 15 is 0 Å². The maximum atomic E-state index is 12.7. The van der Waals surface area contributed by atoms with Gasteiger partial charge in [0.25, 0.3) is 5.56 Å². The van der Waals surface area contributed by atoms with Gasteiger partial charge < -0.3 is 9.72 Å². The summed E-state index contributed by atoms with van der Waals surface area (Å²) in [6.07, 6.45) is 4.42. The van der Waals surface area contributed by atoms with E-state index in [-0.39, 0.29) is 5.56 Å². The number of hydrogen-bond donors (Lipinski definition) is 1. The van der Waals surface area contributed by atoms with Crippen LogP contribution >= 0.6 is 11.3 Å². The number of benzene rings is 2. The Kier molecular flexibility index (Phi) is 4.68. The standard InChI is InChI=1S/C24H22N2O2S/c1-15-5-4-6-16(13-15)14-28-18-11-9-17(10-12-18)22-25-23(27)21-19-7-2-3-8-20(19)29-24(21)26-22/h4-6,9-13H,2-3,7-8,14H2,1H3,(H,25,26,27). The molecule has 0 fully saturated rings. The Balaban J connectivity index is 1.39. The molecule has 5 rings (SSSR count). The van der Waals surface area contributed by atoms with Crippen LogP contribution in [-0.2, 0) is 19.4 Å². The van der Waals surface area contributed by atoms with Crippen LogP contribution in [-0.4, -0.2) is 9.97 Å². The van der Waals surface area contributed by atoms with E-state index in [9.17, 15) is 4.79 Å². The quantitative estimate of drug-likeness (QED) is 0.496. The Labute approximate surface area is 173 Å². The number of rotatable bonds is 4. The maximum Gasteiger partial charge on any atom is 0.260 e. The first-order valence-corrected chi connectivity index (χ1v) is 10.8. The Morgan fingerprint density at radius 1 is 1.10 bits per heavy atom. The smallest absolute Gasteiger partial charge is 0.260 e. The van der Waals surface area contributed by atoms with Gasteiger partial charge in [0.15, 0.2) is 0 Å². The summed E-state index contributed by atoms with van der Waals surface area (Å²) in [6, 6.07) is 16.0. The first-order valence-electron chi connectivity index (χ1n) is 10.0. The SMILES string of the molecule is Cc1cccc(COc2ccc(-c3nc4sc5c(c4c(=O)[nH]3)CCCC5)cc2)c1. The van der Waals surface area contributed by atoms with Gasteiger partial charge in [-0.15, -0.1) is 11.3 Å². The van der Waals surface area contributed by atoms with E-state index in [1.54, 1.807) is 11.3 Å². The highest BCUT2D eigenvalue weighted by Gasteiger charge is 2.20. The van der Waals surface area contributed by atoms with Gasteiger partial charge in [0.05, 0.1) is 5.39 Å². The predicted octanol–water partition coefficient (Wildman–Crippen LogP) is 5.42. The van der Waals surface area contributed by atoms with Gasteiger partial charge in [-0.25, -0.2) is 4.98 Å². The minimum absolute atomic E-state index is 0.0239. The Morgan fingerprint density at radius 3 is 2.76 bits per heavy atom. The number of aromatic amines is 1. The Hall–Kier alpha value is -2.92. The summed E-state index contributed by atoms with van der Waals surface area (Å²) in [5.74, 6) is 1.41. The van der Waals surface area contributed by atoms with E-state index in [0.717, 1.165) is 46.4 Å². The highest BCUT2D eigenvalue weighted by atomic mass is 32.1. The third-order valence-electron chi connectivity index (χ3n) is 5.44. The van der Waals surface area contributed by atoms with Crippen molar-refractivity contribution in [1.29, 1.82) is 0 Å². The lowest BCUT2D eigenvalue weighted by Gasteiger charge is -2.09. The predicted molar refractivity (Wildman–Crippen MR) is 118 cm³/mol. The number of nitrogens with zero attached hydrogens (tertiary/aromatic N) is 1. The molecule has 146 valence electrons. The van der Waals surface area contributed by atoms with Crippen LogP contribution in [0.5, 0.6) is 5.75 Å². The molecule has 1 aliphatic rings. The van der Waals surface area contributed by atoms with Crippen LogP contribution < -0.4 is 10.3 Å². The highest BCUT2D eigenvalue weighted by molar-refractivity contribution is 7.18. The van der Waals surface area contributed by atoms with E-state index in [0.29, 0.717) is 12.4 Å². The fourth-order valence-electron chi connectivity index (χ4n) is 3.98. The van der Waals surface area contributed by atoms with Crippen molar-refractivity contribution in [2.45, 2.75) is 39.2 Å². The Bertz CT molecular complexity index is 1240. The summed E-state index contributed by atoms with van der Waals surface area (Å²) < 4.78 is 5.90. The molecule has 2 heterocycles. The summed E-state index contributed by atoms with van der Waals surface area (Å²) in [5, 5.41) is 0.798. The number of aromatic nitrogens is 2. The van der Waals surface area contributed by atoms with Gasteiger partial charge in [0.2, 0.25) is 0 Å². The highest BCUT2D eigenvalue weighted by Crippen LogP contribution is 2.34. The van der Waals surface area contributed by atoms with Crippen LogP contribution in [0.2, 0.25) is 0 Å². The number of thiophene rings is 1. The number of hydrogen-bond acceptors (Lipinski definition) is 4. The second-order valence-corrected chi connectivity index (χ2v) is 8.69. The number of ether oxygens (including phenoxy) is 1. The molecule has 2 aromatic heterocycles. The van der Waals surface area contributed by atoms with Crippen molar-refractivity contribution in [3.8, 4) is 17.1 Å². The van der Waals surface area contributed by atoms with Crippen molar-refractivity contribution in [2.75, 3.05) is 0 Å². The number of H-pyrrole nitrogens is 1. The number of aryl methyl sites for hydroxylation is 3. The summed E-state index contributed by atoms with van der Waals surface area (Å²) in [7, 11) is 0. The van der Waals surface area contributed by atoms with Gasteiger partial charge in [0.1, 0.15) is 23.0 Å². The van der Waals surface area contributed by atoms with Crippen molar-refractivity contribution in [3.05, 3.63) is 80.5 Å². The summed E-state index contributed by atoms with van der Waals surface area (Å²) in [6.45, 7) is 2.61. The molecule has 4 aromatic rings. The topological polar surface area (TPSA) is 55.0 Å². The second kappa shape index (κ2) is 7.48. The lowest BCUT2D eigenvalue weighted by molar-refractivity contribution is 0.306. The van der Waals surface area contributed by atoms with Crippen LogP contribution in [0.1, 0.15) is 34.4 Å². The normalized spacial score (nSPS) is 13.4. The zero-order valence-corrected chi connectivity index (χ0v) is 17.1. The molecule has 0 radical (unpaired) electrons. The summed E-state index contributed by atoms with van der Waals surface area (Å²) in [5.41, 5.74) is 4.45. The van der Waals surface area contributed by atoms with Crippen LogP contribution in [0.15, 0.2) is 53.3 Å². The zero-order valence-electron chi connectivity index (χ0n) is 16.3. The van der Waals surface area contributed by atoms with Crippen LogP contribution in [0.25, 0.3) is 21.6 Å². The molecule has 0 spiro atoms. The lowest BCUT2D eigenvalue weighted by Crippen LogP contribution is -2.11. The molecule has 0 bridgehead atoms. The van der Waals surface area contributed by atoms with E-state index in [1.165, 1.54) is 22.4 Å². The van der Waals surface area contributed by atoms with Crippen molar-refractivity contribution in [1.82, 2.24) is 9.97 Å². The fraction of sp³-hybridized carbons (Fsp3) is 0.250. The van der Waals surface area contributed by atoms with Crippen LogP contribution in [0, 0.1) is 6.92 Å². The minimum atomic E-state index is -0.0239. The fourth-order valence-corrected chi connectivity index (χ4v) is 5.24. The van der Waals surface area contributed by atoms with E-state index in [4.69, 9.17) is 9.72 Å². The van der Waals surface area contributed by atoms with Gasteiger partial charge in [-0.1, -0.05) is 29.8 Å². The van der Waals surface area contributed by atoms with Gasteiger partial charge >= 0.3 is 0 Å². The molecule has 2 aromatic carbocycles. The first kappa shape index (κ1) is 18.1.